The zero-order valence-electron chi connectivity index (χ0n) is 22.6. The van der Waals surface area contributed by atoms with E-state index >= 15 is 0 Å². The second-order valence-corrected chi connectivity index (χ2v) is 10.8. The van der Waals surface area contributed by atoms with E-state index in [1.54, 1.807) is 24.3 Å². The van der Waals surface area contributed by atoms with E-state index in [4.69, 9.17) is 23.2 Å². The van der Waals surface area contributed by atoms with Crippen LogP contribution in [0.2, 0.25) is 10.2 Å². The van der Waals surface area contributed by atoms with Crippen molar-refractivity contribution in [3.8, 4) is 5.69 Å². The highest BCUT2D eigenvalue weighted by molar-refractivity contribution is 6.31. The summed E-state index contributed by atoms with van der Waals surface area (Å²) in [5, 5.41) is 15.2. The van der Waals surface area contributed by atoms with E-state index in [9.17, 15) is 23.2 Å². The molecule has 1 fully saturated rings. The molecule has 3 amide bonds. The predicted octanol–water partition coefficient (Wildman–Crippen LogP) is 4.74. The van der Waals surface area contributed by atoms with Crippen LogP contribution in [0.15, 0.2) is 79.1 Å². The first-order valence-corrected chi connectivity index (χ1v) is 14.0. The molecular weight excluding hydrogens is 617 g/mol. The highest BCUT2D eigenvalue weighted by Gasteiger charge is 2.39. The molecule has 44 heavy (non-hydrogen) atoms. The number of carbonyl (C=O) groups excluding carboxylic acids is 3. The van der Waals surface area contributed by atoms with Crippen LogP contribution in [0.5, 0.6) is 0 Å². The third-order valence-electron chi connectivity index (χ3n) is 7.10. The second kappa shape index (κ2) is 12.0. The monoisotopic (exact) mass is 638 g/mol. The maximum atomic E-state index is 13.7. The number of carbonyl (C=O) groups is 3. The molecule has 11 nitrogen and oxygen atoms in total. The summed E-state index contributed by atoms with van der Waals surface area (Å²) in [5.41, 5.74) is 2.16. The SMILES string of the molecule is O=C(Nc1ccc2nn(C(F)F)cc2c1)C(Cc1ccccc1)N1CC(=O)N(c2cc(Cl)ccc2-n2cc(Cl)nn2)CC1=O. The zero-order chi connectivity index (χ0) is 31.0. The van der Waals surface area contributed by atoms with Crippen LogP contribution >= 0.6 is 23.2 Å². The van der Waals surface area contributed by atoms with Gasteiger partial charge in [-0.05, 0) is 42.0 Å². The van der Waals surface area contributed by atoms with Gasteiger partial charge in [0.15, 0.2) is 5.15 Å². The van der Waals surface area contributed by atoms with Gasteiger partial charge >= 0.3 is 6.55 Å². The fourth-order valence-electron chi connectivity index (χ4n) is 5.03. The number of fused-ring (bicyclic) bond motifs is 1. The topological polar surface area (TPSA) is 118 Å². The van der Waals surface area contributed by atoms with E-state index in [2.05, 4.69) is 20.7 Å². The van der Waals surface area contributed by atoms with Crippen LogP contribution in [0.1, 0.15) is 12.1 Å². The van der Waals surface area contributed by atoms with Crippen LogP contribution in [-0.2, 0) is 20.8 Å². The number of piperazine rings is 1. The normalized spacial score (nSPS) is 14.5. The molecule has 1 saturated heterocycles. The summed E-state index contributed by atoms with van der Waals surface area (Å²) in [6.45, 7) is -3.57. The van der Waals surface area contributed by atoms with Crippen molar-refractivity contribution in [2.45, 2.75) is 19.0 Å². The van der Waals surface area contributed by atoms with Crippen molar-refractivity contribution in [2.75, 3.05) is 23.3 Å². The smallest absolute Gasteiger partial charge is 0.324 e. The first-order valence-electron chi connectivity index (χ1n) is 13.3. The summed E-state index contributed by atoms with van der Waals surface area (Å²) >= 11 is 12.2. The Balaban J connectivity index is 1.28. The van der Waals surface area contributed by atoms with Gasteiger partial charge in [-0.15, -0.1) is 5.10 Å². The summed E-state index contributed by atoms with van der Waals surface area (Å²) < 4.78 is 28.1. The van der Waals surface area contributed by atoms with Gasteiger partial charge in [0.2, 0.25) is 17.7 Å². The van der Waals surface area contributed by atoms with Crippen molar-refractivity contribution in [1.29, 1.82) is 0 Å². The van der Waals surface area contributed by atoms with Crippen molar-refractivity contribution in [2.24, 2.45) is 0 Å². The van der Waals surface area contributed by atoms with Gasteiger partial charge in [-0.2, -0.15) is 13.9 Å². The number of alkyl halides is 2. The standard InChI is InChI=1S/C29H22Cl2F2N8O3/c30-19-6-9-22(40-14-25(31)35-37-40)23(12-19)38-15-27(43)39(16-26(38)42)24(10-17-4-2-1-3-5-17)28(44)34-20-7-8-21-18(11-20)13-41(36-21)29(32)33/h1-9,11-14,24,29H,10,15-16H2,(H,34,44). The number of nitrogens with one attached hydrogen (secondary N) is 1. The molecule has 1 aliphatic heterocycles. The van der Waals surface area contributed by atoms with Crippen molar-refractivity contribution in [1.82, 2.24) is 29.7 Å². The Morgan fingerprint density at radius 1 is 0.932 bits per heavy atom. The number of nitrogens with zero attached hydrogens (tertiary/aromatic N) is 7. The number of hydrogen-bond acceptors (Lipinski definition) is 6. The van der Waals surface area contributed by atoms with Gasteiger partial charge in [0.1, 0.15) is 19.1 Å². The minimum Gasteiger partial charge on any atom is -0.324 e. The number of hydrogen-bond donors (Lipinski definition) is 1. The molecule has 224 valence electrons. The average Bonchev–Trinajstić information content (AvgIpc) is 3.63. The molecule has 5 aromatic rings. The summed E-state index contributed by atoms with van der Waals surface area (Å²) in [4.78, 5) is 43.5. The van der Waals surface area contributed by atoms with Crippen molar-refractivity contribution in [3.05, 3.63) is 94.9 Å². The molecule has 1 aliphatic rings. The lowest BCUT2D eigenvalue weighted by molar-refractivity contribution is -0.143. The Hall–Kier alpha value is -4.88. The van der Waals surface area contributed by atoms with E-state index < -0.39 is 36.9 Å². The third kappa shape index (κ3) is 5.96. The van der Waals surface area contributed by atoms with Crippen LogP contribution in [-0.4, -0.2) is 66.5 Å². The predicted molar refractivity (Wildman–Crippen MR) is 159 cm³/mol. The van der Waals surface area contributed by atoms with Gasteiger partial charge < -0.3 is 10.2 Å². The molecule has 0 bridgehead atoms. The number of anilines is 2. The lowest BCUT2D eigenvalue weighted by atomic mass is 10.0. The summed E-state index contributed by atoms with van der Waals surface area (Å²) in [6, 6.07) is 17.3. The summed E-state index contributed by atoms with van der Waals surface area (Å²) in [7, 11) is 0. The second-order valence-electron chi connectivity index (χ2n) is 9.98. The molecule has 0 radical (unpaired) electrons. The van der Waals surface area contributed by atoms with E-state index in [-0.39, 0.29) is 18.1 Å². The summed E-state index contributed by atoms with van der Waals surface area (Å²) in [5.74, 6) is -1.48. The van der Waals surface area contributed by atoms with Gasteiger partial charge in [0.05, 0.1) is 23.1 Å². The lowest BCUT2D eigenvalue weighted by Gasteiger charge is -2.38. The largest absolute Gasteiger partial charge is 0.333 e. The van der Waals surface area contributed by atoms with Gasteiger partial charge in [0, 0.05) is 28.7 Å². The molecule has 1 N–H and O–H groups in total. The summed E-state index contributed by atoms with van der Waals surface area (Å²) in [6.07, 6.45) is 2.75. The fraction of sp³-hybridized carbons (Fsp3) is 0.172. The molecule has 6 rings (SSSR count). The van der Waals surface area contributed by atoms with Crippen LogP contribution in [0.3, 0.4) is 0 Å². The number of amides is 3. The van der Waals surface area contributed by atoms with Gasteiger partial charge in [-0.1, -0.05) is 58.7 Å². The minimum absolute atomic E-state index is 0.122. The van der Waals surface area contributed by atoms with Crippen molar-refractivity contribution < 1.29 is 23.2 Å². The molecular formula is C29H22Cl2F2N8O3. The zero-order valence-corrected chi connectivity index (χ0v) is 24.2. The van der Waals surface area contributed by atoms with Crippen LogP contribution in [0.4, 0.5) is 20.2 Å². The van der Waals surface area contributed by atoms with E-state index in [1.165, 1.54) is 51.1 Å². The number of aromatic nitrogens is 5. The highest BCUT2D eigenvalue weighted by atomic mass is 35.5. The fourth-order valence-corrected chi connectivity index (χ4v) is 5.33. The Morgan fingerprint density at radius 3 is 2.45 bits per heavy atom. The van der Waals surface area contributed by atoms with Crippen molar-refractivity contribution >= 4 is 63.2 Å². The highest BCUT2D eigenvalue weighted by Crippen LogP contribution is 2.30. The van der Waals surface area contributed by atoms with Crippen LogP contribution < -0.4 is 10.2 Å². The van der Waals surface area contributed by atoms with Gasteiger partial charge in [0.25, 0.3) is 0 Å². The molecule has 15 heteroatoms. The molecule has 3 aromatic carbocycles. The molecule has 0 saturated carbocycles. The maximum absolute atomic E-state index is 13.7. The first kappa shape index (κ1) is 29.2. The average molecular weight is 639 g/mol. The van der Waals surface area contributed by atoms with Crippen molar-refractivity contribution in [3.63, 3.8) is 0 Å². The maximum Gasteiger partial charge on any atom is 0.333 e. The van der Waals surface area contributed by atoms with Gasteiger partial charge in [-0.25, -0.2) is 9.36 Å². The Labute approximate surface area is 258 Å². The molecule has 0 spiro atoms. The Morgan fingerprint density at radius 2 is 1.73 bits per heavy atom. The molecule has 1 unspecified atom stereocenters. The van der Waals surface area contributed by atoms with Crippen LogP contribution in [0, 0.1) is 0 Å². The van der Waals surface area contributed by atoms with Gasteiger partial charge in [-0.3, -0.25) is 19.3 Å². The number of benzene rings is 3. The third-order valence-corrected chi connectivity index (χ3v) is 7.51. The molecule has 3 heterocycles. The van der Waals surface area contributed by atoms with E-state index in [0.717, 1.165) is 5.56 Å². The molecule has 2 aromatic heterocycles. The Bertz CT molecular complexity index is 1880. The quantitative estimate of drug-likeness (QED) is 0.262. The van der Waals surface area contributed by atoms with E-state index in [1.807, 2.05) is 18.2 Å². The number of rotatable bonds is 8. The minimum atomic E-state index is -2.81. The lowest BCUT2D eigenvalue weighted by Crippen LogP contribution is -2.60. The molecule has 1 atom stereocenters. The van der Waals surface area contributed by atoms with Crippen LogP contribution in [0.25, 0.3) is 16.6 Å². The van der Waals surface area contributed by atoms with E-state index in [0.29, 0.717) is 37.7 Å². The molecule has 0 aliphatic carbocycles. The Kier molecular flexibility index (Phi) is 7.97. The number of halogens is 4. The first-order chi connectivity index (χ1) is 21.2.